The van der Waals surface area contributed by atoms with Gasteiger partial charge in [-0.2, -0.15) is 0 Å². The van der Waals surface area contributed by atoms with E-state index in [0.717, 1.165) is 23.9 Å². The molecule has 0 amide bonds. The fraction of sp³-hybridized carbons (Fsp3) is 0.286. The fourth-order valence-corrected chi connectivity index (χ4v) is 3.03. The summed E-state index contributed by atoms with van der Waals surface area (Å²) in [5.74, 6) is 1.02. The first-order valence-corrected chi connectivity index (χ1v) is 7.36. The molecule has 5 nitrogen and oxygen atoms in total. The minimum Gasteiger partial charge on any atom is -0.354 e. The van der Waals surface area contributed by atoms with Gasteiger partial charge in [0.1, 0.15) is 0 Å². The largest absolute Gasteiger partial charge is 0.354 e. The van der Waals surface area contributed by atoms with Gasteiger partial charge in [-0.15, -0.1) is 11.3 Å². The number of rotatable bonds is 5. The zero-order valence-corrected chi connectivity index (χ0v) is 12.4. The first kappa shape index (κ1) is 13.1. The molecule has 3 heterocycles. The Morgan fingerprint density at radius 1 is 1.45 bits per heavy atom. The Balaban J connectivity index is 1.92. The molecule has 0 aliphatic rings. The SMILES string of the molecule is CNCc1c(N(C)Cc2cccnc2)nc2sccn12. The molecular weight excluding hydrogens is 270 g/mol. The second kappa shape index (κ2) is 5.60. The molecule has 0 aliphatic carbocycles. The lowest BCUT2D eigenvalue weighted by Crippen LogP contribution is -2.20. The van der Waals surface area contributed by atoms with Crippen LogP contribution >= 0.6 is 11.3 Å². The van der Waals surface area contributed by atoms with Crippen molar-refractivity contribution in [3.8, 4) is 0 Å². The van der Waals surface area contributed by atoms with Gasteiger partial charge in [-0.1, -0.05) is 6.07 Å². The van der Waals surface area contributed by atoms with E-state index in [1.54, 1.807) is 17.5 Å². The number of pyridine rings is 1. The molecule has 3 rings (SSSR count). The molecule has 20 heavy (non-hydrogen) atoms. The van der Waals surface area contributed by atoms with E-state index in [1.807, 2.05) is 19.3 Å². The molecule has 1 N–H and O–H groups in total. The highest BCUT2D eigenvalue weighted by Crippen LogP contribution is 2.24. The van der Waals surface area contributed by atoms with Crippen molar-refractivity contribution < 1.29 is 0 Å². The molecule has 0 unspecified atom stereocenters. The highest BCUT2D eigenvalue weighted by Gasteiger charge is 2.16. The summed E-state index contributed by atoms with van der Waals surface area (Å²) in [4.78, 5) is 12.1. The summed E-state index contributed by atoms with van der Waals surface area (Å²) in [5.41, 5.74) is 2.37. The van der Waals surface area contributed by atoms with Gasteiger partial charge in [-0.25, -0.2) is 4.98 Å². The maximum absolute atomic E-state index is 4.73. The highest BCUT2D eigenvalue weighted by atomic mass is 32.1. The Morgan fingerprint density at radius 3 is 3.10 bits per heavy atom. The smallest absolute Gasteiger partial charge is 0.195 e. The second-order valence-electron chi connectivity index (χ2n) is 4.69. The Hall–Kier alpha value is -1.92. The molecule has 104 valence electrons. The molecule has 3 aromatic heterocycles. The molecular formula is C14H17N5S. The lowest BCUT2D eigenvalue weighted by atomic mass is 10.2. The molecule has 0 radical (unpaired) electrons. The van der Waals surface area contributed by atoms with Crippen LogP contribution in [0.1, 0.15) is 11.3 Å². The van der Waals surface area contributed by atoms with Gasteiger partial charge in [0, 0.05) is 44.1 Å². The average molecular weight is 287 g/mol. The molecule has 0 saturated heterocycles. The number of imidazole rings is 1. The zero-order chi connectivity index (χ0) is 13.9. The van der Waals surface area contributed by atoms with Crippen LogP contribution in [0.4, 0.5) is 5.82 Å². The van der Waals surface area contributed by atoms with Gasteiger partial charge in [-0.3, -0.25) is 9.38 Å². The zero-order valence-electron chi connectivity index (χ0n) is 11.6. The van der Waals surface area contributed by atoms with Crippen LogP contribution in [-0.2, 0) is 13.1 Å². The maximum atomic E-state index is 4.73. The number of anilines is 1. The number of fused-ring (bicyclic) bond motifs is 1. The molecule has 6 heteroatoms. The van der Waals surface area contributed by atoms with Crippen molar-refractivity contribution in [3.63, 3.8) is 0 Å². The Labute approximate surface area is 121 Å². The number of nitrogens with zero attached hydrogens (tertiary/aromatic N) is 4. The maximum Gasteiger partial charge on any atom is 0.195 e. The molecule has 0 saturated carbocycles. The van der Waals surface area contributed by atoms with Gasteiger partial charge in [0.05, 0.1) is 5.69 Å². The predicted octanol–water partition coefficient (Wildman–Crippen LogP) is 2.15. The van der Waals surface area contributed by atoms with Crippen molar-refractivity contribution >= 4 is 22.1 Å². The molecule has 3 aromatic rings. The van der Waals surface area contributed by atoms with Crippen LogP contribution in [0.3, 0.4) is 0 Å². The van der Waals surface area contributed by atoms with E-state index < -0.39 is 0 Å². The first-order valence-electron chi connectivity index (χ1n) is 6.48. The van der Waals surface area contributed by atoms with E-state index in [9.17, 15) is 0 Å². The third-order valence-electron chi connectivity index (χ3n) is 3.19. The van der Waals surface area contributed by atoms with Crippen LogP contribution in [0.15, 0.2) is 36.1 Å². The van der Waals surface area contributed by atoms with Gasteiger partial charge in [0.15, 0.2) is 10.8 Å². The number of hydrogen-bond acceptors (Lipinski definition) is 5. The molecule has 0 aliphatic heterocycles. The lowest BCUT2D eigenvalue weighted by molar-refractivity contribution is 0.772. The van der Waals surface area contributed by atoms with E-state index in [0.29, 0.717) is 0 Å². The van der Waals surface area contributed by atoms with Gasteiger partial charge in [0.2, 0.25) is 0 Å². The van der Waals surface area contributed by atoms with Gasteiger partial charge in [0.25, 0.3) is 0 Å². The van der Waals surface area contributed by atoms with Crippen LogP contribution in [-0.4, -0.2) is 28.5 Å². The van der Waals surface area contributed by atoms with Crippen molar-refractivity contribution in [2.45, 2.75) is 13.1 Å². The quantitative estimate of drug-likeness (QED) is 0.781. The number of thiazole rings is 1. The Morgan fingerprint density at radius 2 is 2.35 bits per heavy atom. The van der Waals surface area contributed by atoms with Crippen molar-refractivity contribution in [3.05, 3.63) is 47.4 Å². The van der Waals surface area contributed by atoms with Gasteiger partial charge < -0.3 is 10.2 Å². The predicted molar refractivity (Wildman–Crippen MR) is 82.2 cm³/mol. The van der Waals surface area contributed by atoms with Crippen LogP contribution in [0, 0.1) is 0 Å². The molecule has 0 aromatic carbocycles. The van der Waals surface area contributed by atoms with E-state index >= 15 is 0 Å². The standard InChI is InChI=1S/C14H17N5S/c1-15-9-12-13(17-14-19(12)6-7-20-14)18(2)10-11-4-3-5-16-8-11/h3-8,15H,9-10H2,1-2H3. The average Bonchev–Trinajstić information content (AvgIpc) is 3.03. The summed E-state index contributed by atoms with van der Waals surface area (Å²) in [7, 11) is 4.02. The number of nitrogens with one attached hydrogen (secondary N) is 1. The minimum absolute atomic E-state index is 0.796. The van der Waals surface area contributed by atoms with E-state index in [1.165, 1.54) is 11.3 Å². The van der Waals surface area contributed by atoms with Crippen LogP contribution in [0.25, 0.3) is 4.96 Å². The first-order chi connectivity index (χ1) is 9.79. The van der Waals surface area contributed by atoms with Crippen molar-refractivity contribution in [1.82, 2.24) is 19.7 Å². The van der Waals surface area contributed by atoms with Gasteiger partial charge >= 0.3 is 0 Å². The second-order valence-corrected chi connectivity index (χ2v) is 5.56. The Kier molecular flexibility index (Phi) is 3.66. The number of hydrogen-bond donors (Lipinski definition) is 1. The normalized spacial score (nSPS) is 11.1. The van der Waals surface area contributed by atoms with Crippen molar-refractivity contribution in [1.29, 1.82) is 0 Å². The minimum atomic E-state index is 0.796. The molecule has 0 atom stereocenters. The van der Waals surface area contributed by atoms with Crippen molar-refractivity contribution in [2.24, 2.45) is 0 Å². The third-order valence-corrected chi connectivity index (χ3v) is 3.94. The summed E-state index contributed by atoms with van der Waals surface area (Å²) < 4.78 is 2.15. The topological polar surface area (TPSA) is 45.5 Å². The third kappa shape index (κ3) is 2.39. The highest BCUT2D eigenvalue weighted by molar-refractivity contribution is 7.15. The van der Waals surface area contributed by atoms with E-state index in [4.69, 9.17) is 4.98 Å². The summed E-state index contributed by atoms with van der Waals surface area (Å²) in [6, 6.07) is 4.04. The molecule has 0 spiro atoms. The Bertz CT molecular complexity index is 688. The van der Waals surface area contributed by atoms with Crippen molar-refractivity contribution in [2.75, 3.05) is 19.0 Å². The van der Waals surface area contributed by atoms with E-state index in [2.05, 4.69) is 44.3 Å². The summed E-state index contributed by atoms with van der Waals surface area (Å²) in [5, 5.41) is 5.28. The molecule has 0 bridgehead atoms. The van der Waals surface area contributed by atoms with Gasteiger partial charge in [-0.05, 0) is 18.7 Å². The van der Waals surface area contributed by atoms with Crippen LogP contribution in [0.2, 0.25) is 0 Å². The summed E-state index contributed by atoms with van der Waals surface area (Å²) in [6.07, 6.45) is 5.76. The molecule has 0 fully saturated rings. The summed E-state index contributed by atoms with van der Waals surface area (Å²) in [6.45, 7) is 1.60. The van der Waals surface area contributed by atoms with E-state index in [-0.39, 0.29) is 0 Å². The van der Waals surface area contributed by atoms with Crippen LogP contribution in [0.5, 0.6) is 0 Å². The monoisotopic (exact) mass is 287 g/mol. The fourth-order valence-electron chi connectivity index (χ4n) is 2.30. The lowest BCUT2D eigenvalue weighted by Gasteiger charge is -2.18. The summed E-state index contributed by atoms with van der Waals surface area (Å²) >= 11 is 1.66. The van der Waals surface area contributed by atoms with Crippen LogP contribution < -0.4 is 10.2 Å². The number of aromatic nitrogens is 3.